The lowest BCUT2D eigenvalue weighted by atomic mass is 10.1. The molecule has 0 aliphatic heterocycles. The molecule has 120 valence electrons. The van der Waals surface area contributed by atoms with Crippen LogP contribution in [0.5, 0.6) is 0 Å². The fourth-order valence-electron chi connectivity index (χ4n) is 2.22. The van der Waals surface area contributed by atoms with Gasteiger partial charge in [0.15, 0.2) is 0 Å². The van der Waals surface area contributed by atoms with Crippen molar-refractivity contribution in [1.29, 1.82) is 0 Å². The van der Waals surface area contributed by atoms with E-state index in [9.17, 15) is 14.0 Å². The second kappa shape index (κ2) is 7.54. The molecule has 0 saturated heterocycles. The molecular formula is C18H19FN2O2. The Kier molecular flexibility index (Phi) is 5.46. The van der Waals surface area contributed by atoms with Crippen molar-refractivity contribution in [3.8, 4) is 0 Å². The van der Waals surface area contributed by atoms with E-state index in [0.717, 1.165) is 11.1 Å². The Labute approximate surface area is 134 Å². The average Bonchev–Trinajstić information content (AvgIpc) is 2.49. The van der Waals surface area contributed by atoms with Gasteiger partial charge < -0.3 is 10.6 Å². The number of hydrogen-bond acceptors (Lipinski definition) is 2. The topological polar surface area (TPSA) is 58.2 Å². The van der Waals surface area contributed by atoms with Crippen molar-refractivity contribution in [3.05, 3.63) is 65.5 Å². The molecule has 2 amide bonds. The Balaban J connectivity index is 1.91. The van der Waals surface area contributed by atoms with Crippen LogP contribution in [0.2, 0.25) is 0 Å². The summed E-state index contributed by atoms with van der Waals surface area (Å²) in [5, 5.41) is 5.55. The summed E-state index contributed by atoms with van der Waals surface area (Å²) in [5.74, 6) is -0.552. The van der Waals surface area contributed by atoms with E-state index < -0.39 is 0 Å². The summed E-state index contributed by atoms with van der Waals surface area (Å²) in [4.78, 5) is 23.0. The lowest BCUT2D eigenvalue weighted by Gasteiger charge is -2.14. The predicted octanol–water partition coefficient (Wildman–Crippen LogP) is 3.20. The first-order valence-corrected chi connectivity index (χ1v) is 7.35. The van der Waals surface area contributed by atoms with Crippen LogP contribution < -0.4 is 10.6 Å². The summed E-state index contributed by atoms with van der Waals surface area (Å²) in [6, 6.07) is 13.0. The number of nitrogens with one attached hydrogen (secondary N) is 2. The van der Waals surface area contributed by atoms with Crippen LogP contribution >= 0.6 is 0 Å². The molecule has 0 saturated carbocycles. The highest BCUT2D eigenvalue weighted by atomic mass is 19.1. The first-order chi connectivity index (χ1) is 10.9. The first-order valence-electron chi connectivity index (χ1n) is 7.35. The first kappa shape index (κ1) is 16.7. The summed E-state index contributed by atoms with van der Waals surface area (Å²) < 4.78 is 12.9. The molecule has 0 bridgehead atoms. The van der Waals surface area contributed by atoms with Crippen molar-refractivity contribution in [2.45, 2.75) is 26.3 Å². The molecule has 2 rings (SSSR count). The summed E-state index contributed by atoms with van der Waals surface area (Å²) in [7, 11) is 0. The van der Waals surface area contributed by atoms with Crippen LogP contribution in [0.4, 0.5) is 10.1 Å². The molecular weight excluding hydrogens is 295 g/mol. The quantitative estimate of drug-likeness (QED) is 0.890. The van der Waals surface area contributed by atoms with Crippen molar-refractivity contribution in [1.82, 2.24) is 5.32 Å². The predicted molar refractivity (Wildman–Crippen MR) is 87.4 cm³/mol. The Bertz CT molecular complexity index is 681. The van der Waals surface area contributed by atoms with Gasteiger partial charge in [0, 0.05) is 12.6 Å². The van der Waals surface area contributed by atoms with Crippen molar-refractivity contribution in [3.63, 3.8) is 0 Å². The molecule has 5 heteroatoms. The molecule has 2 aromatic carbocycles. The number of benzene rings is 2. The lowest BCUT2D eigenvalue weighted by molar-refractivity contribution is -0.121. The van der Waals surface area contributed by atoms with Gasteiger partial charge in [0.1, 0.15) is 5.82 Å². The third kappa shape index (κ3) is 5.21. The molecule has 0 aliphatic rings. The van der Waals surface area contributed by atoms with E-state index >= 15 is 0 Å². The molecule has 0 radical (unpaired) electrons. The van der Waals surface area contributed by atoms with Crippen molar-refractivity contribution in [2.75, 3.05) is 5.32 Å². The lowest BCUT2D eigenvalue weighted by Crippen LogP contribution is -2.28. The Hall–Kier alpha value is -2.69. The molecule has 2 aromatic rings. The maximum Gasteiger partial charge on any atom is 0.224 e. The van der Waals surface area contributed by atoms with Gasteiger partial charge in [-0.05, 0) is 42.3 Å². The third-order valence-electron chi connectivity index (χ3n) is 3.39. The number of carbonyl (C=O) groups is 2. The highest BCUT2D eigenvalue weighted by Gasteiger charge is 2.10. The van der Waals surface area contributed by atoms with E-state index in [0.29, 0.717) is 5.69 Å². The minimum absolute atomic E-state index is 0.117. The fourth-order valence-corrected chi connectivity index (χ4v) is 2.22. The number of amides is 2. The van der Waals surface area contributed by atoms with Gasteiger partial charge in [0.2, 0.25) is 11.8 Å². The maximum atomic E-state index is 12.9. The molecule has 1 atom stereocenters. The summed E-state index contributed by atoms with van der Waals surface area (Å²) in [6.07, 6.45) is 0.242. The van der Waals surface area contributed by atoms with Gasteiger partial charge in [0.05, 0.1) is 12.5 Å². The molecule has 0 aromatic heterocycles. The minimum Gasteiger partial charge on any atom is -0.349 e. The summed E-state index contributed by atoms with van der Waals surface area (Å²) in [5.41, 5.74) is 2.39. The number of rotatable bonds is 5. The summed E-state index contributed by atoms with van der Waals surface area (Å²) in [6.45, 7) is 3.29. The number of hydrogen-bond donors (Lipinski definition) is 2. The van der Waals surface area contributed by atoms with Gasteiger partial charge >= 0.3 is 0 Å². The second-order valence-electron chi connectivity index (χ2n) is 5.40. The average molecular weight is 314 g/mol. The molecule has 0 heterocycles. The monoisotopic (exact) mass is 314 g/mol. The normalized spacial score (nSPS) is 11.6. The highest BCUT2D eigenvalue weighted by molar-refractivity contribution is 5.88. The zero-order valence-electron chi connectivity index (χ0n) is 13.1. The molecule has 0 fully saturated rings. The van der Waals surface area contributed by atoms with Crippen LogP contribution in [-0.4, -0.2) is 11.8 Å². The maximum absolute atomic E-state index is 12.9. The van der Waals surface area contributed by atoms with Gasteiger partial charge in [0.25, 0.3) is 0 Å². The van der Waals surface area contributed by atoms with E-state index in [1.165, 1.54) is 19.1 Å². The zero-order valence-corrected chi connectivity index (χ0v) is 13.1. The smallest absolute Gasteiger partial charge is 0.224 e. The van der Waals surface area contributed by atoms with Crippen molar-refractivity contribution in [2.24, 2.45) is 0 Å². The molecule has 0 aliphatic carbocycles. The van der Waals surface area contributed by atoms with Crippen molar-refractivity contribution < 1.29 is 14.0 Å². The van der Waals surface area contributed by atoms with Crippen LogP contribution in [0, 0.1) is 5.82 Å². The van der Waals surface area contributed by atoms with Gasteiger partial charge in [-0.2, -0.15) is 0 Å². The second-order valence-corrected chi connectivity index (χ2v) is 5.40. The van der Waals surface area contributed by atoms with Crippen LogP contribution in [0.25, 0.3) is 0 Å². The molecule has 0 unspecified atom stereocenters. The van der Waals surface area contributed by atoms with E-state index in [-0.39, 0.29) is 30.1 Å². The standard InChI is InChI=1S/C18H19FN2O2/c1-12(15-5-7-16(19)8-6-15)20-18(23)11-14-3-9-17(10-4-14)21-13(2)22/h3-10,12H,11H2,1-2H3,(H,20,23)(H,21,22)/t12-/m1/s1. The van der Waals surface area contributed by atoms with E-state index in [4.69, 9.17) is 0 Å². The number of carbonyl (C=O) groups excluding carboxylic acids is 2. The van der Waals surface area contributed by atoms with Crippen LogP contribution in [0.15, 0.2) is 48.5 Å². The van der Waals surface area contributed by atoms with Crippen LogP contribution in [-0.2, 0) is 16.0 Å². The molecule has 2 N–H and O–H groups in total. The van der Waals surface area contributed by atoms with Crippen LogP contribution in [0.3, 0.4) is 0 Å². The molecule has 0 spiro atoms. The minimum atomic E-state index is -0.300. The summed E-state index contributed by atoms with van der Waals surface area (Å²) >= 11 is 0. The SMILES string of the molecule is CC(=O)Nc1ccc(CC(=O)N[C@H](C)c2ccc(F)cc2)cc1. The van der Waals surface area contributed by atoms with Crippen LogP contribution in [0.1, 0.15) is 31.0 Å². The number of halogens is 1. The van der Waals surface area contributed by atoms with Gasteiger partial charge in [-0.1, -0.05) is 24.3 Å². The molecule has 23 heavy (non-hydrogen) atoms. The van der Waals surface area contributed by atoms with Gasteiger partial charge in [-0.3, -0.25) is 9.59 Å². The highest BCUT2D eigenvalue weighted by Crippen LogP contribution is 2.14. The van der Waals surface area contributed by atoms with E-state index in [2.05, 4.69) is 10.6 Å². The van der Waals surface area contributed by atoms with E-state index in [1.54, 1.807) is 36.4 Å². The fraction of sp³-hybridized carbons (Fsp3) is 0.222. The van der Waals surface area contributed by atoms with E-state index in [1.807, 2.05) is 6.92 Å². The largest absolute Gasteiger partial charge is 0.349 e. The van der Waals surface area contributed by atoms with Gasteiger partial charge in [-0.25, -0.2) is 4.39 Å². The Morgan fingerprint density at radius 2 is 1.65 bits per heavy atom. The Morgan fingerprint density at radius 3 is 2.22 bits per heavy atom. The third-order valence-corrected chi connectivity index (χ3v) is 3.39. The number of anilines is 1. The zero-order chi connectivity index (χ0) is 16.8. The molecule has 4 nitrogen and oxygen atoms in total. The van der Waals surface area contributed by atoms with Crippen molar-refractivity contribution >= 4 is 17.5 Å². The van der Waals surface area contributed by atoms with Gasteiger partial charge in [-0.15, -0.1) is 0 Å². The Morgan fingerprint density at radius 1 is 1.04 bits per heavy atom.